The lowest BCUT2D eigenvalue weighted by Crippen LogP contribution is -2.46. The number of aryl methyl sites for hydroxylation is 1. The largest absolute Gasteiger partial charge is 0.365 e. The predicted molar refractivity (Wildman–Crippen MR) is 89.9 cm³/mol. The molecule has 0 aromatic carbocycles. The van der Waals surface area contributed by atoms with E-state index in [4.69, 9.17) is 4.74 Å². The van der Waals surface area contributed by atoms with Crippen LogP contribution in [0.2, 0.25) is 0 Å². The van der Waals surface area contributed by atoms with Gasteiger partial charge in [-0.05, 0) is 38.3 Å². The molecule has 0 aliphatic carbocycles. The first kappa shape index (κ1) is 16.9. The average molecular weight is 332 g/mol. The molecule has 2 amide bonds. The minimum absolute atomic E-state index is 0.0993. The van der Waals surface area contributed by atoms with Gasteiger partial charge in [-0.2, -0.15) is 0 Å². The molecule has 3 heterocycles. The molecule has 130 valence electrons. The zero-order valence-electron chi connectivity index (χ0n) is 14.2. The monoisotopic (exact) mass is 332 g/mol. The minimum atomic E-state index is -0.417. The molecular formula is C17H24N4O3. The predicted octanol–water partition coefficient (Wildman–Crippen LogP) is 0.941. The molecule has 2 saturated heterocycles. The molecule has 2 aliphatic heterocycles. The van der Waals surface area contributed by atoms with Crippen molar-refractivity contribution in [3.8, 4) is 0 Å². The van der Waals surface area contributed by atoms with E-state index in [1.165, 1.54) is 0 Å². The quantitative estimate of drug-likeness (QED) is 0.861. The van der Waals surface area contributed by atoms with Gasteiger partial charge >= 0.3 is 0 Å². The second-order valence-corrected chi connectivity index (χ2v) is 6.43. The van der Waals surface area contributed by atoms with Crippen LogP contribution in [-0.4, -0.2) is 60.1 Å². The van der Waals surface area contributed by atoms with Crippen LogP contribution in [0, 0.1) is 6.92 Å². The maximum atomic E-state index is 12.5. The van der Waals surface area contributed by atoms with Gasteiger partial charge in [-0.15, -0.1) is 0 Å². The number of carbonyl (C=O) groups is 2. The SMILES string of the molecule is Cc1cnc(C(=O)N2CCNCC2)cc1NC(=O)C1CCC(C)O1. The number of carbonyl (C=O) groups excluding carboxylic acids is 2. The summed E-state index contributed by atoms with van der Waals surface area (Å²) in [7, 11) is 0. The third-order valence-electron chi connectivity index (χ3n) is 4.51. The Kier molecular flexibility index (Phi) is 5.11. The van der Waals surface area contributed by atoms with Gasteiger partial charge in [0.2, 0.25) is 0 Å². The maximum absolute atomic E-state index is 12.5. The van der Waals surface area contributed by atoms with E-state index in [2.05, 4.69) is 15.6 Å². The topological polar surface area (TPSA) is 83.6 Å². The number of hydrogen-bond donors (Lipinski definition) is 2. The van der Waals surface area contributed by atoms with Crippen molar-refractivity contribution < 1.29 is 14.3 Å². The van der Waals surface area contributed by atoms with Gasteiger partial charge in [0.25, 0.3) is 11.8 Å². The lowest BCUT2D eigenvalue weighted by molar-refractivity contribution is -0.126. The lowest BCUT2D eigenvalue weighted by atomic mass is 10.1. The fraction of sp³-hybridized carbons (Fsp3) is 0.588. The summed E-state index contributed by atoms with van der Waals surface area (Å²) in [5.41, 5.74) is 1.81. The van der Waals surface area contributed by atoms with E-state index in [0.717, 1.165) is 31.5 Å². The summed E-state index contributed by atoms with van der Waals surface area (Å²) >= 11 is 0. The smallest absolute Gasteiger partial charge is 0.272 e. The molecule has 3 rings (SSSR count). The number of amides is 2. The summed E-state index contributed by atoms with van der Waals surface area (Å²) in [5.74, 6) is -0.257. The molecule has 7 nitrogen and oxygen atoms in total. The molecule has 2 atom stereocenters. The number of aromatic nitrogens is 1. The number of rotatable bonds is 3. The Morgan fingerprint density at radius 1 is 1.33 bits per heavy atom. The van der Waals surface area contributed by atoms with Crippen LogP contribution in [0.4, 0.5) is 5.69 Å². The molecule has 0 radical (unpaired) electrons. The molecule has 24 heavy (non-hydrogen) atoms. The van der Waals surface area contributed by atoms with Gasteiger partial charge in [0, 0.05) is 38.1 Å². The van der Waals surface area contributed by atoms with Crippen molar-refractivity contribution in [3.05, 3.63) is 23.5 Å². The van der Waals surface area contributed by atoms with Gasteiger partial charge in [0.1, 0.15) is 11.8 Å². The van der Waals surface area contributed by atoms with Crippen LogP contribution in [0.15, 0.2) is 12.3 Å². The molecule has 1 aromatic rings. The second-order valence-electron chi connectivity index (χ2n) is 6.43. The summed E-state index contributed by atoms with van der Waals surface area (Å²) in [6, 6.07) is 1.66. The first-order valence-corrected chi connectivity index (χ1v) is 8.47. The van der Waals surface area contributed by atoms with Crippen LogP contribution in [0.1, 0.15) is 35.8 Å². The van der Waals surface area contributed by atoms with Crippen molar-refractivity contribution in [2.75, 3.05) is 31.5 Å². The van der Waals surface area contributed by atoms with Gasteiger partial charge in [0.15, 0.2) is 0 Å². The summed E-state index contributed by atoms with van der Waals surface area (Å²) in [5, 5.41) is 6.10. The average Bonchev–Trinajstić information content (AvgIpc) is 3.03. The van der Waals surface area contributed by atoms with Crippen LogP contribution in [-0.2, 0) is 9.53 Å². The van der Waals surface area contributed by atoms with Gasteiger partial charge in [-0.1, -0.05) is 0 Å². The highest BCUT2D eigenvalue weighted by atomic mass is 16.5. The van der Waals surface area contributed by atoms with Crippen molar-refractivity contribution in [2.45, 2.75) is 38.9 Å². The Bertz CT molecular complexity index is 628. The third-order valence-corrected chi connectivity index (χ3v) is 4.51. The van der Waals surface area contributed by atoms with Crippen molar-refractivity contribution in [3.63, 3.8) is 0 Å². The van der Waals surface area contributed by atoms with Gasteiger partial charge in [-0.3, -0.25) is 14.6 Å². The highest BCUT2D eigenvalue weighted by Gasteiger charge is 2.28. The molecular weight excluding hydrogens is 308 g/mol. The Morgan fingerprint density at radius 2 is 2.08 bits per heavy atom. The van der Waals surface area contributed by atoms with E-state index in [0.29, 0.717) is 24.5 Å². The van der Waals surface area contributed by atoms with Gasteiger partial charge in [-0.25, -0.2) is 0 Å². The minimum Gasteiger partial charge on any atom is -0.365 e. The standard InChI is InChI=1S/C17H24N4O3/c1-11-10-19-14(17(23)21-7-5-18-6-8-21)9-13(11)20-16(22)15-4-3-12(2)24-15/h9-10,12,15,18H,3-8H2,1-2H3,(H,19,20,22). The molecule has 2 aliphatic rings. The van der Waals surface area contributed by atoms with Crippen LogP contribution < -0.4 is 10.6 Å². The molecule has 2 N–H and O–H groups in total. The number of hydrogen-bond acceptors (Lipinski definition) is 5. The fourth-order valence-corrected chi connectivity index (χ4v) is 3.01. The number of nitrogens with zero attached hydrogens (tertiary/aromatic N) is 2. The van der Waals surface area contributed by atoms with Crippen molar-refractivity contribution in [1.82, 2.24) is 15.2 Å². The Hall–Kier alpha value is -1.99. The Morgan fingerprint density at radius 3 is 2.75 bits per heavy atom. The maximum Gasteiger partial charge on any atom is 0.272 e. The van der Waals surface area contributed by atoms with Crippen LogP contribution in [0.5, 0.6) is 0 Å². The normalized spacial score (nSPS) is 24.0. The molecule has 0 bridgehead atoms. The number of ether oxygens (including phenoxy) is 1. The summed E-state index contributed by atoms with van der Waals surface area (Å²) in [6.07, 6.45) is 2.94. The van der Waals surface area contributed by atoms with E-state index >= 15 is 0 Å². The first-order chi connectivity index (χ1) is 11.5. The molecule has 0 spiro atoms. The van der Waals surface area contributed by atoms with E-state index < -0.39 is 6.10 Å². The lowest BCUT2D eigenvalue weighted by Gasteiger charge is -2.27. The molecule has 0 saturated carbocycles. The summed E-state index contributed by atoms with van der Waals surface area (Å²) < 4.78 is 5.60. The van der Waals surface area contributed by atoms with Gasteiger partial charge in [0.05, 0.1) is 6.10 Å². The first-order valence-electron chi connectivity index (χ1n) is 8.47. The molecule has 2 unspecified atom stereocenters. The van der Waals surface area contributed by atoms with Crippen LogP contribution in [0.25, 0.3) is 0 Å². The van der Waals surface area contributed by atoms with E-state index in [1.807, 2.05) is 13.8 Å². The van der Waals surface area contributed by atoms with Crippen molar-refractivity contribution in [1.29, 1.82) is 0 Å². The highest BCUT2D eigenvalue weighted by Crippen LogP contribution is 2.22. The summed E-state index contributed by atoms with van der Waals surface area (Å²) in [4.78, 5) is 30.9. The van der Waals surface area contributed by atoms with E-state index in [1.54, 1.807) is 17.2 Å². The number of piperazine rings is 1. The van der Waals surface area contributed by atoms with Crippen LogP contribution >= 0.6 is 0 Å². The summed E-state index contributed by atoms with van der Waals surface area (Å²) in [6.45, 7) is 6.75. The molecule has 7 heteroatoms. The number of anilines is 1. The zero-order valence-corrected chi connectivity index (χ0v) is 14.2. The Labute approximate surface area is 141 Å². The fourth-order valence-electron chi connectivity index (χ4n) is 3.01. The second kappa shape index (κ2) is 7.27. The zero-order chi connectivity index (χ0) is 17.1. The van der Waals surface area contributed by atoms with Crippen LogP contribution in [0.3, 0.4) is 0 Å². The van der Waals surface area contributed by atoms with E-state index in [-0.39, 0.29) is 17.9 Å². The van der Waals surface area contributed by atoms with Gasteiger partial charge < -0.3 is 20.3 Å². The molecule has 2 fully saturated rings. The number of nitrogens with one attached hydrogen (secondary N) is 2. The third kappa shape index (κ3) is 3.73. The highest BCUT2D eigenvalue weighted by molar-refractivity contribution is 5.97. The van der Waals surface area contributed by atoms with Crippen molar-refractivity contribution in [2.24, 2.45) is 0 Å². The van der Waals surface area contributed by atoms with Crippen molar-refractivity contribution >= 4 is 17.5 Å². The Balaban J connectivity index is 1.71. The molecule has 1 aromatic heterocycles. The number of pyridine rings is 1. The van der Waals surface area contributed by atoms with E-state index in [9.17, 15) is 9.59 Å².